The summed E-state index contributed by atoms with van der Waals surface area (Å²) in [5.74, 6) is 9.64. The fourth-order valence-corrected chi connectivity index (χ4v) is 3.15. The van der Waals surface area contributed by atoms with Gasteiger partial charge in [0.15, 0.2) is 5.82 Å². The van der Waals surface area contributed by atoms with Crippen LogP contribution in [0.15, 0.2) is 40.1 Å². The maximum absolute atomic E-state index is 6.13. The highest BCUT2D eigenvalue weighted by Gasteiger charge is 2.16. The number of nitrogen functional groups attached to an aromatic ring is 1. The zero-order chi connectivity index (χ0) is 17.1. The van der Waals surface area contributed by atoms with Crippen molar-refractivity contribution in [2.24, 2.45) is 0 Å². The van der Waals surface area contributed by atoms with Gasteiger partial charge in [0.05, 0.1) is 26.0 Å². The number of benzene rings is 1. The molecule has 3 rings (SSSR count). The Balaban J connectivity index is 1.81. The van der Waals surface area contributed by atoms with Gasteiger partial charge in [-0.05, 0) is 31.2 Å². The largest absolute Gasteiger partial charge is 0.497 e. The van der Waals surface area contributed by atoms with E-state index in [-0.39, 0.29) is 0 Å². The monoisotopic (exact) mass is 346 g/mol. The number of aryl methyl sites for hydroxylation is 1. The summed E-state index contributed by atoms with van der Waals surface area (Å²) >= 11 is 1.47. The molecule has 0 saturated heterocycles. The van der Waals surface area contributed by atoms with E-state index < -0.39 is 0 Å². The maximum atomic E-state index is 6.13. The lowest BCUT2D eigenvalue weighted by atomic mass is 10.2. The highest BCUT2D eigenvalue weighted by molar-refractivity contribution is 7.98. The zero-order valence-electron chi connectivity index (χ0n) is 13.6. The molecular formula is C16H18N4O3S. The molecule has 0 unspecified atom stereocenters. The van der Waals surface area contributed by atoms with Crippen LogP contribution in [0.4, 0.5) is 0 Å². The third kappa shape index (κ3) is 3.05. The summed E-state index contributed by atoms with van der Waals surface area (Å²) in [6.07, 6.45) is 1.60. The first-order valence-corrected chi connectivity index (χ1v) is 8.21. The van der Waals surface area contributed by atoms with Gasteiger partial charge < -0.3 is 19.7 Å². The van der Waals surface area contributed by atoms with Gasteiger partial charge in [-0.3, -0.25) is 0 Å². The summed E-state index contributed by atoms with van der Waals surface area (Å²) < 4.78 is 17.4. The van der Waals surface area contributed by atoms with Crippen LogP contribution in [0.2, 0.25) is 0 Å². The molecule has 0 bridgehead atoms. The molecule has 2 aromatic heterocycles. The summed E-state index contributed by atoms with van der Waals surface area (Å²) in [5.41, 5.74) is 1.82. The van der Waals surface area contributed by atoms with Gasteiger partial charge in [-0.15, -0.1) is 10.2 Å². The first-order valence-electron chi connectivity index (χ1n) is 7.22. The van der Waals surface area contributed by atoms with Crippen molar-refractivity contribution in [1.29, 1.82) is 0 Å². The van der Waals surface area contributed by atoms with Gasteiger partial charge in [0, 0.05) is 11.3 Å². The Morgan fingerprint density at radius 2 is 2.04 bits per heavy atom. The summed E-state index contributed by atoms with van der Waals surface area (Å²) in [4.78, 5) is 0. The standard InChI is InChI=1S/C16H18N4O3S/c1-10-13(6-7-23-10)15-18-19-16(20(15)17)24-9-11-8-12(21-2)4-5-14(11)22-3/h4-8H,9,17H2,1-3H3. The number of rotatable bonds is 6. The molecule has 24 heavy (non-hydrogen) atoms. The van der Waals surface area contributed by atoms with Crippen LogP contribution in [0.5, 0.6) is 11.5 Å². The summed E-state index contributed by atoms with van der Waals surface area (Å²) in [6.45, 7) is 1.86. The highest BCUT2D eigenvalue weighted by atomic mass is 32.2. The second-order valence-corrected chi connectivity index (χ2v) is 5.98. The number of hydrogen-bond donors (Lipinski definition) is 1. The van der Waals surface area contributed by atoms with Crippen LogP contribution in [0, 0.1) is 6.92 Å². The molecule has 0 aliphatic carbocycles. The molecule has 1 aromatic carbocycles. The fourth-order valence-electron chi connectivity index (χ4n) is 2.31. The van der Waals surface area contributed by atoms with Crippen molar-refractivity contribution in [2.45, 2.75) is 17.8 Å². The van der Waals surface area contributed by atoms with Crippen molar-refractivity contribution in [2.75, 3.05) is 20.1 Å². The van der Waals surface area contributed by atoms with Crippen molar-refractivity contribution in [3.63, 3.8) is 0 Å². The smallest absolute Gasteiger partial charge is 0.210 e. The average molecular weight is 346 g/mol. The van der Waals surface area contributed by atoms with Crippen LogP contribution in [-0.2, 0) is 5.75 Å². The van der Waals surface area contributed by atoms with E-state index >= 15 is 0 Å². The van der Waals surface area contributed by atoms with E-state index in [1.54, 1.807) is 20.5 Å². The molecule has 0 radical (unpaired) electrons. The topological polar surface area (TPSA) is 88.3 Å². The number of ether oxygens (including phenoxy) is 2. The predicted molar refractivity (Wildman–Crippen MR) is 91.7 cm³/mol. The number of nitrogens with zero attached hydrogens (tertiary/aromatic N) is 3. The minimum atomic E-state index is 0.571. The van der Waals surface area contributed by atoms with Gasteiger partial charge in [0.25, 0.3) is 0 Å². The van der Waals surface area contributed by atoms with Gasteiger partial charge in [-0.2, -0.15) is 0 Å². The average Bonchev–Trinajstić information content (AvgIpc) is 3.18. The molecule has 0 spiro atoms. The van der Waals surface area contributed by atoms with E-state index in [4.69, 9.17) is 19.7 Å². The van der Waals surface area contributed by atoms with Crippen LogP contribution < -0.4 is 15.3 Å². The summed E-state index contributed by atoms with van der Waals surface area (Å²) in [5, 5.41) is 8.93. The second-order valence-electron chi connectivity index (χ2n) is 5.03. The maximum Gasteiger partial charge on any atom is 0.210 e. The third-order valence-electron chi connectivity index (χ3n) is 3.61. The van der Waals surface area contributed by atoms with E-state index in [1.807, 2.05) is 31.2 Å². The van der Waals surface area contributed by atoms with Gasteiger partial charge >= 0.3 is 0 Å². The van der Waals surface area contributed by atoms with Crippen LogP contribution in [0.25, 0.3) is 11.4 Å². The Morgan fingerprint density at radius 1 is 1.21 bits per heavy atom. The second kappa shape index (κ2) is 6.88. The van der Waals surface area contributed by atoms with Crippen molar-refractivity contribution in [3.05, 3.63) is 41.9 Å². The van der Waals surface area contributed by atoms with Crippen LogP contribution in [-0.4, -0.2) is 29.1 Å². The lowest BCUT2D eigenvalue weighted by Crippen LogP contribution is -2.11. The normalized spacial score (nSPS) is 10.8. The molecule has 126 valence electrons. The highest BCUT2D eigenvalue weighted by Crippen LogP contribution is 2.31. The van der Waals surface area contributed by atoms with Gasteiger partial charge in [-0.25, -0.2) is 4.68 Å². The molecule has 0 saturated carbocycles. The van der Waals surface area contributed by atoms with Gasteiger partial charge in [0.2, 0.25) is 5.16 Å². The Labute approximate surface area is 143 Å². The lowest BCUT2D eigenvalue weighted by Gasteiger charge is -2.10. The molecular weight excluding hydrogens is 328 g/mol. The Kier molecular flexibility index (Phi) is 4.66. The number of furan rings is 1. The summed E-state index contributed by atoms with van der Waals surface area (Å²) in [6, 6.07) is 7.49. The summed E-state index contributed by atoms with van der Waals surface area (Å²) in [7, 11) is 3.27. The molecule has 0 amide bonds. The zero-order valence-corrected chi connectivity index (χ0v) is 14.5. The van der Waals surface area contributed by atoms with Crippen molar-refractivity contribution >= 4 is 11.8 Å². The fraction of sp³-hybridized carbons (Fsp3) is 0.250. The molecule has 7 nitrogen and oxygen atoms in total. The molecule has 3 aromatic rings. The SMILES string of the molecule is COc1ccc(OC)c(CSc2nnc(-c3ccoc3C)n2N)c1. The Bertz CT molecular complexity index is 844. The van der Waals surface area contributed by atoms with Crippen LogP contribution in [0.3, 0.4) is 0 Å². The number of methoxy groups -OCH3 is 2. The first kappa shape index (κ1) is 16.3. The number of nitrogens with two attached hydrogens (primary N) is 1. The molecule has 0 aliphatic heterocycles. The third-order valence-corrected chi connectivity index (χ3v) is 4.60. The predicted octanol–water partition coefficient (Wildman–Crippen LogP) is 2.87. The quantitative estimate of drug-likeness (QED) is 0.542. The molecule has 2 heterocycles. The first-order chi connectivity index (χ1) is 11.6. The minimum Gasteiger partial charge on any atom is -0.497 e. The molecule has 2 N–H and O–H groups in total. The van der Waals surface area contributed by atoms with E-state index in [0.717, 1.165) is 28.4 Å². The van der Waals surface area contributed by atoms with E-state index in [1.165, 1.54) is 16.4 Å². The van der Waals surface area contributed by atoms with Gasteiger partial charge in [-0.1, -0.05) is 11.8 Å². The number of hydrogen-bond acceptors (Lipinski definition) is 7. The van der Waals surface area contributed by atoms with Crippen molar-refractivity contribution < 1.29 is 13.9 Å². The molecule has 8 heteroatoms. The van der Waals surface area contributed by atoms with Crippen molar-refractivity contribution in [3.8, 4) is 22.9 Å². The molecule has 0 aliphatic rings. The Hall–Kier alpha value is -2.61. The lowest BCUT2D eigenvalue weighted by molar-refractivity contribution is 0.400. The van der Waals surface area contributed by atoms with Crippen LogP contribution >= 0.6 is 11.8 Å². The van der Waals surface area contributed by atoms with E-state index in [2.05, 4.69) is 10.2 Å². The van der Waals surface area contributed by atoms with Crippen LogP contribution in [0.1, 0.15) is 11.3 Å². The van der Waals surface area contributed by atoms with Crippen molar-refractivity contribution in [1.82, 2.24) is 14.9 Å². The number of aromatic nitrogens is 3. The minimum absolute atomic E-state index is 0.571. The van der Waals surface area contributed by atoms with E-state index in [0.29, 0.717) is 16.7 Å². The van der Waals surface area contributed by atoms with E-state index in [9.17, 15) is 0 Å². The van der Waals surface area contributed by atoms with Gasteiger partial charge in [0.1, 0.15) is 17.3 Å². The Morgan fingerprint density at radius 3 is 2.71 bits per heavy atom. The molecule has 0 fully saturated rings. The number of thioether (sulfide) groups is 1. The molecule has 0 atom stereocenters.